The number of esters is 1. The standard InChI is InChI=1S/C35H32Cl2N2O6S/c1-5-16-44-26-13-10-23(11-14-26)32-31(34(41)43-7-3)21(4)38-35-39(32)33(40)30(46-35)18-22-8-15-28(29(17-22)42-6-2)45-20-24-9-12-25(36)19-27(24)37/h5,8-15,17-19,32H,1,6-7,16,20H2,2-4H3/b30-18-/t32-/m1/s1. The van der Waals surface area contributed by atoms with E-state index in [-0.39, 0.29) is 18.8 Å². The number of allylic oxidation sites excluding steroid dienone is 1. The average molecular weight is 680 g/mol. The van der Waals surface area contributed by atoms with Gasteiger partial charge in [-0.1, -0.05) is 71.5 Å². The molecule has 0 aliphatic carbocycles. The van der Waals surface area contributed by atoms with Gasteiger partial charge in [0.2, 0.25) is 0 Å². The number of hydrogen-bond donors (Lipinski definition) is 0. The molecule has 46 heavy (non-hydrogen) atoms. The minimum absolute atomic E-state index is 0.190. The number of nitrogens with zero attached hydrogens (tertiary/aromatic N) is 2. The highest BCUT2D eigenvalue weighted by Gasteiger charge is 2.33. The molecular formula is C35H32Cl2N2O6S. The van der Waals surface area contributed by atoms with E-state index in [2.05, 4.69) is 11.6 Å². The van der Waals surface area contributed by atoms with Crippen molar-refractivity contribution < 1.29 is 23.7 Å². The van der Waals surface area contributed by atoms with Crippen LogP contribution in [0.5, 0.6) is 17.2 Å². The Kier molecular flexibility index (Phi) is 10.7. The van der Waals surface area contributed by atoms with Gasteiger partial charge < -0.3 is 18.9 Å². The van der Waals surface area contributed by atoms with Gasteiger partial charge in [-0.3, -0.25) is 9.36 Å². The van der Waals surface area contributed by atoms with Crippen LogP contribution < -0.4 is 29.1 Å². The second-order valence-corrected chi connectivity index (χ2v) is 12.0. The van der Waals surface area contributed by atoms with E-state index in [0.29, 0.717) is 61.1 Å². The second-order valence-electron chi connectivity index (χ2n) is 10.1. The van der Waals surface area contributed by atoms with Crippen molar-refractivity contribution in [3.63, 3.8) is 0 Å². The summed E-state index contributed by atoms with van der Waals surface area (Å²) in [6.45, 7) is 10.2. The van der Waals surface area contributed by atoms with E-state index in [1.165, 1.54) is 11.3 Å². The van der Waals surface area contributed by atoms with E-state index in [0.717, 1.165) is 16.7 Å². The summed E-state index contributed by atoms with van der Waals surface area (Å²) in [4.78, 5) is 32.4. The lowest BCUT2D eigenvalue weighted by molar-refractivity contribution is -0.139. The number of fused-ring (bicyclic) bond motifs is 1. The van der Waals surface area contributed by atoms with Gasteiger partial charge in [0.05, 0.1) is 35.1 Å². The number of halogens is 2. The van der Waals surface area contributed by atoms with Gasteiger partial charge in [0.1, 0.15) is 19.0 Å². The number of carbonyl (C=O) groups excluding carboxylic acids is 1. The Hall–Kier alpha value is -4.31. The van der Waals surface area contributed by atoms with Crippen LogP contribution in [-0.4, -0.2) is 30.4 Å². The molecule has 0 bridgehead atoms. The molecule has 0 unspecified atom stereocenters. The Labute approximate surface area is 280 Å². The van der Waals surface area contributed by atoms with Crippen molar-refractivity contribution in [2.45, 2.75) is 33.4 Å². The molecule has 2 heterocycles. The van der Waals surface area contributed by atoms with Gasteiger partial charge in [-0.2, -0.15) is 0 Å². The van der Waals surface area contributed by atoms with E-state index in [1.54, 1.807) is 60.9 Å². The molecular weight excluding hydrogens is 647 g/mol. The fourth-order valence-electron chi connectivity index (χ4n) is 4.96. The van der Waals surface area contributed by atoms with Crippen molar-refractivity contribution in [2.75, 3.05) is 19.8 Å². The van der Waals surface area contributed by atoms with E-state index in [9.17, 15) is 9.59 Å². The topological polar surface area (TPSA) is 88.4 Å². The first-order valence-electron chi connectivity index (χ1n) is 14.6. The summed E-state index contributed by atoms with van der Waals surface area (Å²) >= 11 is 13.6. The average Bonchev–Trinajstić information content (AvgIpc) is 3.33. The highest BCUT2D eigenvalue weighted by Crippen LogP contribution is 2.33. The fraction of sp³-hybridized carbons (Fsp3) is 0.229. The number of ether oxygens (including phenoxy) is 4. The predicted octanol–water partition coefficient (Wildman–Crippen LogP) is 6.65. The van der Waals surface area contributed by atoms with E-state index >= 15 is 0 Å². The maximum Gasteiger partial charge on any atom is 0.338 e. The van der Waals surface area contributed by atoms with Gasteiger partial charge in [0.15, 0.2) is 16.3 Å². The van der Waals surface area contributed by atoms with Crippen LogP contribution in [0.15, 0.2) is 94.4 Å². The first-order valence-corrected chi connectivity index (χ1v) is 16.2. The van der Waals surface area contributed by atoms with Crippen LogP contribution in [0, 0.1) is 0 Å². The molecule has 0 fully saturated rings. The molecule has 8 nitrogen and oxygen atoms in total. The minimum atomic E-state index is -0.736. The first-order chi connectivity index (χ1) is 22.2. The Bertz CT molecular complexity index is 1980. The van der Waals surface area contributed by atoms with Crippen LogP contribution in [-0.2, 0) is 16.1 Å². The van der Waals surface area contributed by atoms with Crippen LogP contribution in [0.4, 0.5) is 0 Å². The molecule has 0 N–H and O–H groups in total. The lowest BCUT2D eigenvalue weighted by Gasteiger charge is -2.24. The Balaban J connectivity index is 1.53. The van der Waals surface area contributed by atoms with Crippen LogP contribution in [0.3, 0.4) is 0 Å². The monoisotopic (exact) mass is 678 g/mol. The fourth-order valence-corrected chi connectivity index (χ4v) is 6.47. The van der Waals surface area contributed by atoms with Crippen LogP contribution in [0.1, 0.15) is 43.5 Å². The molecule has 4 aromatic rings. The molecule has 5 rings (SSSR count). The van der Waals surface area contributed by atoms with Crippen molar-refractivity contribution in [3.8, 4) is 17.2 Å². The van der Waals surface area contributed by atoms with Crippen LogP contribution in [0.2, 0.25) is 10.0 Å². The van der Waals surface area contributed by atoms with E-state index in [4.69, 9.17) is 42.1 Å². The van der Waals surface area contributed by atoms with Crippen molar-refractivity contribution in [1.82, 2.24) is 4.57 Å². The second kappa shape index (κ2) is 14.9. The number of benzene rings is 3. The Morgan fingerprint density at radius 3 is 2.48 bits per heavy atom. The zero-order valence-electron chi connectivity index (χ0n) is 25.5. The summed E-state index contributed by atoms with van der Waals surface area (Å²) < 4.78 is 24.9. The van der Waals surface area contributed by atoms with Crippen molar-refractivity contribution in [2.24, 2.45) is 4.99 Å². The summed E-state index contributed by atoms with van der Waals surface area (Å²) in [6.07, 6.45) is 3.44. The van der Waals surface area contributed by atoms with Crippen molar-refractivity contribution in [3.05, 3.63) is 131 Å². The number of aromatic nitrogens is 1. The molecule has 0 spiro atoms. The molecule has 11 heteroatoms. The lowest BCUT2D eigenvalue weighted by Crippen LogP contribution is -2.39. The zero-order chi connectivity index (χ0) is 32.8. The maximum atomic E-state index is 14.0. The summed E-state index contributed by atoms with van der Waals surface area (Å²) in [6, 6.07) is 17.2. The van der Waals surface area contributed by atoms with Gasteiger partial charge in [-0.25, -0.2) is 9.79 Å². The summed E-state index contributed by atoms with van der Waals surface area (Å²) in [7, 11) is 0. The van der Waals surface area contributed by atoms with E-state index in [1.807, 2.05) is 37.3 Å². The highest BCUT2D eigenvalue weighted by molar-refractivity contribution is 7.07. The number of thiazole rings is 1. The lowest BCUT2D eigenvalue weighted by atomic mass is 9.96. The molecule has 0 radical (unpaired) electrons. The van der Waals surface area contributed by atoms with Gasteiger partial charge in [0, 0.05) is 15.6 Å². The summed E-state index contributed by atoms with van der Waals surface area (Å²) in [5.74, 6) is 1.17. The van der Waals surface area contributed by atoms with Crippen molar-refractivity contribution in [1.29, 1.82) is 0 Å². The molecule has 0 saturated heterocycles. The molecule has 1 aliphatic heterocycles. The maximum absolute atomic E-state index is 14.0. The zero-order valence-corrected chi connectivity index (χ0v) is 27.9. The largest absolute Gasteiger partial charge is 0.490 e. The molecule has 1 aromatic heterocycles. The van der Waals surface area contributed by atoms with Gasteiger partial charge in [-0.15, -0.1) is 0 Å². The first kappa shape index (κ1) is 33.1. The van der Waals surface area contributed by atoms with Crippen LogP contribution in [0.25, 0.3) is 6.08 Å². The van der Waals surface area contributed by atoms with Crippen LogP contribution >= 0.6 is 34.5 Å². The number of rotatable bonds is 12. The van der Waals surface area contributed by atoms with Gasteiger partial charge in [0.25, 0.3) is 5.56 Å². The minimum Gasteiger partial charge on any atom is -0.490 e. The van der Waals surface area contributed by atoms with Crippen molar-refractivity contribution >= 4 is 46.6 Å². The van der Waals surface area contributed by atoms with Gasteiger partial charge in [-0.05, 0) is 74.4 Å². The Morgan fingerprint density at radius 2 is 1.78 bits per heavy atom. The molecule has 1 aliphatic rings. The highest BCUT2D eigenvalue weighted by atomic mass is 35.5. The number of hydrogen-bond acceptors (Lipinski definition) is 8. The molecule has 1 atom stereocenters. The normalized spacial score (nSPS) is 14.4. The molecule has 3 aromatic carbocycles. The SMILES string of the molecule is C=CCOc1ccc([C@@H]2C(C(=O)OCC)=C(C)N=c3s/c(=C\c4ccc(OCc5ccc(Cl)cc5Cl)c(OCC)c4)c(=O)n32)cc1. The Morgan fingerprint density at radius 1 is 1.00 bits per heavy atom. The molecule has 0 saturated carbocycles. The van der Waals surface area contributed by atoms with E-state index < -0.39 is 12.0 Å². The third kappa shape index (κ3) is 7.22. The summed E-state index contributed by atoms with van der Waals surface area (Å²) in [5, 5.41) is 1.05. The predicted molar refractivity (Wildman–Crippen MR) is 181 cm³/mol. The summed E-state index contributed by atoms with van der Waals surface area (Å²) in [5.41, 5.74) is 2.74. The molecule has 0 amide bonds. The van der Waals surface area contributed by atoms with Gasteiger partial charge >= 0.3 is 5.97 Å². The third-order valence-electron chi connectivity index (χ3n) is 7.04. The molecule has 238 valence electrons. The smallest absolute Gasteiger partial charge is 0.338 e. The quantitative estimate of drug-likeness (QED) is 0.123. The number of carbonyl (C=O) groups is 1. The third-order valence-corrected chi connectivity index (χ3v) is 8.61.